The molecular formula is C33H37N7O. The Kier molecular flexibility index (Phi) is 7.65. The predicted molar refractivity (Wildman–Crippen MR) is 163 cm³/mol. The van der Waals surface area contributed by atoms with Crippen molar-refractivity contribution in [2.75, 3.05) is 31.1 Å². The van der Waals surface area contributed by atoms with E-state index in [9.17, 15) is 4.79 Å². The normalized spacial score (nSPS) is 15.0. The van der Waals surface area contributed by atoms with Crippen molar-refractivity contribution in [3.8, 4) is 0 Å². The third kappa shape index (κ3) is 5.65. The Bertz CT molecular complexity index is 1700. The van der Waals surface area contributed by atoms with Gasteiger partial charge in [0.25, 0.3) is 5.56 Å². The molecule has 0 amide bonds. The molecule has 210 valence electrons. The van der Waals surface area contributed by atoms with E-state index in [1.165, 1.54) is 27.9 Å². The van der Waals surface area contributed by atoms with Crippen molar-refractivity contribution in [1.29, 1.82) is 0 Å². The van der Waals surface area contributed by atoms with Crippen LogP contribution in [-0.4, -0.2) is 56.3 Å². The van der Waals surface area contributed by atoms with Crippen molar-refractivity contribution in [2.24, 2.45) is 0 Å². The lowest BCUT2D eigenvalue weighted by atomic mass is 10.0. The molecule has 0 spiro atoms. The van der Waals surface area contributed by atoms with Crippen molar-refractivity contribution < 1.29 is 0 Å². The summed E-state index contributed by atoms with van der Waals surface area (Å²) in [4.78, 5) is 21.6. The van der Waals surface area contributed by atoms with Gasteiger partial charge in [-0.3, -0.25) is 9.69 Å². The molecule has 1 N–H and O–H groups in total. The third-order valence-corrected chi connectivity index (χ3v) is 8.28. The van der Waals surface area contributed by atoms with Crippen LogP contribution in [0.5, 0.6) is 0 Å². The van der Waals surface area contributed by atoms with Crippen LogP contribution < -0.4 is 10.5 Å². The van der Waals surface area contributed by atoms with E-state index in [4.69, 9.17) is 0 Å². The van der Waals surface area contributed by atoms with Crippen LogP contribution >= 0.6 is 0 Å². The molecule has 0 radical (unpaired) electrons. The fraction of sp³-hybridized carbons (Fsp3) is 0.333. The van der Waals surface area contributed by atoms with Crippen LogP contribution in [0.25, 0.3) is 10.9 Å². The molecule has 3 heterocycles. The highest BCUT2D eigenvalue weighted by Crippen LogP contribution is 2.30. The Balaban J connectivity index is 1.36. The molecule has 0 bridgehead atoms. The largest absolute Gasteiger partial charge is 0.369 e. The second-order valence-electron chi connectivity index (χ2n) is 11.0. The average molecular weight is 548 g/mol. The van der Waals surface area contributed by atoms with E-state index in [2.05, 4.69) is 93.5 Å². The smallest absolute Gasteiger partial charge is 0.253 e. The number of piperazine rings is 1. The summed E-state index contributed by atoms with van der Waals surface area (Å²) in [7, 11) is 0. The molecule has 5 aromatic rings. The zero-order chi connectivity index (χ0) is 28.3. The minimum Gasteiger partial charge on any atom is -0.369 e. The summed E-state index contributed by atoms with van der Waals surface area (Å²) >= 11 is 0. The number of nitrogens with zero attached hydrogens (tertiary/aromatic N) is 6. The molecule has 0 aliphatic carbocycles. The Labute approximate surface area is 240 Å². The number of hydrogen-bond acceptors (Lipinski definition) is 6. The van der Waals surface area contributed by atoms with E-state index in [-0.39, 0.29) is 11.6 Å². The first-order valence-corrected chi connectivity index (χ1v) is 14.5. The topological polar surface area (TPSA) is 82.9 Å². The molecular weight excluding hydrogens is 510 g/mol. The number of pyridine rings is 1. The molecule has 0 unspecified atom stereocenters. The highest BCUT2D eigenvalue weighted by molar-refractivity contribution is 5.80. The number of tetrazole rings is 1. The van der Waals surface area contributed by atoms with E-state index < -0.39 is 0 Å². The van der Waals surface area contributed by atoms with Crippen molar-refractivity contribution in [1.82, 2.24) is 30.1 Å². The molecule has 1 fully saturated rings. The molecule has 3 aromatic carbocycles. The van der Waals surface area contributed by atoms with Crippen LogP contribution in [-0.2, 0) is 19.4 Å². The molecule has 8 heteroatoms. The molecule has 1 aliphatic heterocycles. The van der Waals surface area contributed by atoms with Gasteiger partial charge in [-0.25, -0.2) is 4.68 Å². The standard InChI is InChI=1S/C33H37N7O/c1-4-25-12-13-29-27(21-25)22-28(33(41)34-29)31(32-35-36-37-40(32)15-14-26-8-6-5-7-9-26)39-18-16-38(17-19-39)30-20-23(2)10-11-24(30)3/h5-13,20-22,31H,4,14-19H2,1-3H3,(H,34,41)/t31-/m1/s1. The number of hydrogen-bond donors (Lipinski definition) is 1. The first-order valence-electron chi connectivity index (χ1n) is 14.5. The Hall–Kier alpha value is -4.30. The lowest BCUT2D eigenvalue weighted by Crippen LogP contribution is -2.49. The molecule has 1 saturated heterocycles. The number of anilines is 1. The van der Waals surface area contributed by atoms with Crippen molar-refractivity contribution >= 4 is 16.6 Å². The molecule has 1 atom stereocenters. The fourth-order valence-electron chi connectivity index (χ4n) is 5.92. The summed E-state index contributed by atoms with van der Waals surface area (Å²) in [5, 5.41) is 14.0. The Morgan fingerprint density at radius 3 is 2.49 bits per heavy atom. The Morgan fingerprint density at radius 1 is 0.902 bits per heavy atom. The van der Waals surface area contributed by atoms with Crippen molar-refractivity contribution in [3.63, 3.8) is 0 Å². The number of fused-ring (bicyclic) bond motifs is 1. The van der Waals surface area contributed by atoms with Crippen molar-refractivity contribution in [3.05, 3.63) is 117 Å². The van der Waals surface area contributed by atoms with E-state index in [0.29, 0.717) is 17.9 Å². The van der Waals surface area contributed by atoms with Gasteiger partial charge < -0.3 is 9.88 Å². The van der Waals surface area contributed by atoms with Crippen LogP contribution in [0, 0.1) is 13.8 Å². The van der Waals surface area contributed by atoms with Crippen LogP contribution in [0.4, 0.5) is 5.69 Å². The average Bonchev–Trinajstić information content (AvgIpc) is 3.46. The summed E-state index contributed by atoms with van der Waals surface area (Å²) in [5.41, 5.74) is 7.72. The number of H-pyrrole nitrogens is 1. The second-order valence-corrected chi connectivity index (χ2v) is 11.0. The van der Waals surface area contributed by atoms with Crippen LogP contribution in [0.1, 0.15) is 46.6 Å². The van der Waals surface area contributed by atoms with Crippen molar-refractivity contribution in [2.45, 2.75) is 46.2 Å². The lowest BCUT2D eigenvalue weighted by molar-refractivity contribution is 0.199. The van der Waals surface area contributed by atoms with Gasteiger partial charge in [0.15, 0.2) is 5.82 Å². The maximum absolute atomic E-state index is 13.7. The monoisotopic (exact) mass is 547 g/mol. The van der Waals surface area contributed by atoms with Gasteiger partial charge in [-0.2, -0.15) is 0 Å². The second kappa shape index (κ2) is 11.7. The van der Waals surface area contributed by atoms with Gasteiger partial charge in [0, 0.05) is 49.5 Å². The van der Waals surface area contributed by atoms with E-state index in [0.717, 1.165) is 49.9 Å². The minimum atomic E-state index is -0.361. The van der Waals surface area contributed by atoms with Gasteiger partial charge in [0.1, 0.15) is 6.04 Å². The number of aryl methyl sites for hydroxylation is 5. The van der Waals surface area contributed by atoms with E-state index >= 15 is 0 Å². The maximum atomic E-state index is 13.7. The molecule has 6 rings (SSSR count). The SMILES string of the molecule is CCc1ccc2[nH]c(=O)c([C@H](c3nnnn3CCc3ccccc3)N3CCN(c4cc(C)ccc4C)CC3)cc2c1. The molecule has 0 saturated carbocycles. The molecule has 2 aromatic heterocycles. The van der Waals surface area contributed by atoms with Gasteiger partial charge in [-0.05, 0) is 89.0 Å². The number of aromatic nitrogens is 5. The summed E-state index contributed by atoms with van der Waals surface area (Å²) in [5.74, 6) is 0.706. The summed E-state index contributed by atoms with van der Waals surface area (Å²) in [6, 6.07) is 24.9. The quantitative estimate of drug-likeness (QED) is 0.299. The summed E-state index contributed by atoms with van der Waals surface area (Å²) in [6.07, 6.45) is 1.74. The Morgan fingerprint density at radius 2 is 1.71 bits per heavy atom. The number of aromatic amines is 1. The molecule has 8 nitrogen and oxygen atoms in total. The molecule has 1 aliphatic rings. The zero-order valence-corrected chi connectivity index (χ0v) is 24.0. The highest BCUT2D eigenvalue weighted by atomic mass is 16.1. The van der Waals surface area contributed by atoms with Gasteiger partial charge in [0.2, 0.25) is 0 Å². The van der Waals surface area contributed by atoms with Gasteiger partial charge >= 0.3 is 0 Å². The van der Waals surface area contributed by atoms with Gasteiger partial charge in [-0.1, -0.05) is 55.5 Å². The van der Waals surface area contributed by atoms with Gasteiger partial charge in [-0.15, -0.1) is 5.10 Å². The van der Waals surface area contributed by atoms with Crippen LogP contribution in [0.3, 0.4) is 0 Å². The first kappa shape index (κ1) is 26.9. The number of nitrogens with one attached hydrogen (secondary N) is 1. The van der Waals surface area contributed by atoms with Gasteiger partial charge in [0.05, 0.1) is 0 Å². The van der Waals surface area contributed by atoms with Crippen LogP contribution in [0.15, 0.2) is 77.6 Å². The minimum absolute atomic E-state index is 0.0960. The first-order chi connectivity index (χ1) is 20.0. The number of benzene rings is 3. The van der Waals surface area contributed by atoms with Crippen LogP contribution in [0.2, 0.25) is 0 Å². The third-order valence-electron chi connectivity index (χ3n) is 8.28. The number of rotatable bonds is 8. The fourth-order valence-corrected chi connectivity index (χ4v) is 5.92. The van der Waals surface area contributed by atoms with E-state index in [1.54, 1.807) is 0 Å². The maximum Gasteiger partial charge on any atom is 0.253 e. The lowest BCUT2D eigenvalue weighted by Gasteiger charge is -2.40. The highest BCUT2D eigenvalue weighted by Gasteiger charge is 2.33. The summed E-state index contributed by atoms with van der Waals surface area (Å²) in [6.45, 7) is 10.4. The molecule has 41 heavy (non-hydrogen) atoms. The predicted octanol–water partition coefficient (Wildman–Crippen LogP) is 4.85. The van der Waals surface area contributed by atoms with E-state index in [1.807, 2.05) is 35.0 Å². The zero-order valence-electron chi connectivity index (χ0n) is 24.0. The summed E-state index contributed by atoms with van der Waals surface area (Å²) < 4.78 is 1.88.